The number of nitrogens with one attached hydrogen (secondary N) is 1. The smallest absolute Gasteiger partial charge is 0.0348 e. The summed E-state index contributed by atoms with van der Waals surface area (Å²) in [5.41, 5.74) is 8.92. The molecule has 0 heterocycles. The Balaban J connectivity index is 2.86. The largest absolute Gasteiger partial charge is 0.399 e. The van der Waals surface area contributed by atoms with Crippen LogP contribution in [0, 0.1) is 6.92 Å². The average molecular weight is 178 g/mol. The molecule has 0 spiro atoms. The Labute approximate surface area is 80.1 Å². The van der Waals surface area contributed by atoms with Crippen molar-refractivity contribution in [3.63, 3.8) is 0 Å². The first-order chi connectivity index (χ1) is 5.88. The molecule has 1 aromatic carbocycles. The van der Waals surface area contributed by atoms with Gasteiger partial charge in [-0.3, -0.25) is 0 Å². The van der Waals surface area contributed by atoms with E-state index in [4.69, 9.17) is 5.73 Å². The molecule has 0 fully saturated rings. The summed E-state index contributed by atoms with van der Waals surface area (Å²) in [5.74, 6) is 0. The Kier molecular flexibility index (Phi) is 2.50. The van der Waals surface area contributed by atoms with Crippen molar-refractivity contribution >= 4 is 11.4 Å². The van der Waals surface area contributed by atoms with Crippen LogP contribution in [-0.2, 0) is 0 Å². The zero-order chi connectivity index (χ0) is 10.1. The Morgan fingerprint density at radius 3 is 2.31 bits per heavy atom. The van der Waals surface area contributed by atoms with Gasteiger partial charge in [0.15, 0.2) is 0 Å². The predicted octanol–water partition coefficient (Wildman–Crippen LogP) is 2.79. The van der Waals surface area contributed by atoms with Gasteiger partial charge in [-0.1, -0.05) is 0 Å². The molecule has 3 N–H and O–H groups in total. The Morgan fingerprint density at radius 1 is 1.23 bits per heavy atom. The molecule has 0 saturated heterocycles. The molecule has 13 heavy (non-hydrogen) atoms. The van der Waals surface area contributed by atoms with E-state index in [-0.39, 0.29) is 5.54 Å². The van der Waals surface area contributed by atoms with Crippen LogP contribution in [0.4, 0.5) is 11.4 Å². The van der Waals surface area contributed by atoms with Crippen molar-refractivity contribution in [1.82, 2.24) is 0 Å². The number of nitrogens with two attached hydrogens (primary N) is 1. The Hall–Kier alpha value is -1.18. The minimum Gasteiger partial charge on any atom is -0.399 e. The fourth-order valence-electron chi connectivity index (χ4n) is 1.19. The molecule has 0 aliphatic heterocycles. The van der Waals surface area contributed by atoms with Gasteiger partial charge in [-0.25, -0.2) is 0 Å². The van der Waals surface area contributed by atoms with Crippen LogP contribution in [0.2, 0.25) is 0 Å². The van der Waals surface area contributed by atoms with E-state index in [0.29, 0.717) is 0 Å². The fraction of sp³-hybridized carbons (Fsp3) is 0.455. The first-order valence-corrected chi connectivity index (χ1v) is 4.53. The van der Waals surface area contributed by atoms with Crippen LogP contribution in [0.3, 0.4) is 0 Å². The van der Waals surface area contributed by atoms with Crippen molar-refractivity contribution in [2.75, 3.05) is 11.1 Å². The van der Waals surface area contributed by atoms with Gasteiger partial charge in [0.05, 0.1) is 0 Å². The second kappa shape index (κ2) is 3.29. The fourth-order valence-corrected chi connectivity index (χ4v) is 1.19. The minimum absolute atomic E-state index is 0.0998. The quantitative estimate of drug-likeness (QED) is 0.649. The maximum Gasteiger partial charge on any atom is 0.0348 e. The molecule has 0 atom stereocenters. The monoisotopic (exact) mass is 178 g/mol. The third kappa shape index (κ3) is 2.98. The third-order valence-corrected chi connectivity index (χ3v) is 1.79. The van der Waals surface area contributed by atoms with Gasteiger partial charge in [-0.05, 0) is 51.5 Å². The molecule has 0 aromatic heterocycles. The highest BCUT2D eigenvalue weighted by atomic mass is 14.9. The van der Waals surface area contributed by atoms with Crippen LogP contribution in [0.5, 0.6) is 0 Å². The van der Waals surface area contributed by atoms with Gasteiger partial charge in [0.2, 0.25) is 0 Å². The summed E-state index contributed by atoms with van der Waals surface area (Å²) in [7, 11) is 0. The van der Waals surface area contributed by atoms with E-state index in [1.807, 2.05) is 19.1 Å². The summed E-state index contributed by atoms with van der Waals surface area (Å²) < 4.78 is 0. The Morgan fingerprint density at radius 2 is 1.85 bits per heavy atom. The molecule has 0 saturated carbocycles. The number of aryl methyl sites for hydroxylation is 1. The molecular formula is C11H18N2. The van der Waals surface area contributed by atoms with Crippen molar-refractivity contribution in [3.8, 4) is 0 Å². The average Bonchev–Trinajstić information content (AvgIpc) is 1.94. The molecule has 72 valence electrons. The van der Waals surface area contributed by atoms with Crippen molar-refractivity contribution in [2.24, 2.45) is 0 Å². The molecule has 0 unspecified atom stereocenters. The lowest BCUT2D eigenvalue weighted by atomic mass is 10.1. The van der Waals surface area contributed by atoms with E-state index in [0.717, 1.165) is 16.9 Å². The zero-order valence-corrected chi connectivity index (χ0v) is 8.81. The minimum atomic E-state index is 0.0998. The molecule has 2 heteroatoms. The van der Waals surface area contributed by atoms with Crippen LogP contribution in [-0.4, -0.2) is 5.54 Å². The molecule has 1 rings (SSSR count). The van der Waals surface area contributed by atoms with E-state index >= 15 is 0 Å². The first kappa shape index (κ1) is 9.90. The van der Waals surface area contributed by atoms with E-state index in [2.05, 4.69) is 32.2 Å². The van der Waals surface area contributed by atoms with E-state index in [1.165, 1.54) is 0 Å². The number of hydrogen-bond acceptors (Lipinski definition) is 2. The van der Waals surface area contributed by atoms with E-state index < -0.39 is 0 Å². The van der Waals surface area contributed by atoms with E-state index in [1.54, 1.807) is 0 Å². The highest BCUT2D eigenvalue weighted by Gasteiger charge is 2.08. The first-order valence-electron chi connectivity index (χ1n) is 4.53. The molecule has 0 bridgehead atoms. The summed E-state index contributed by atoms with van der Waals surface area (Å²) in [6.07, 6.45) is 0. The number of anilines is 2. The topological polar surface area (TPSA) is 38.0 Å². The maximum atomic E-state index is 5.72. The second-order valence-corrected chi connectivity index (χ2v) is 4.45. The summed E-state index contributed by atoms with van der Waals surface area (Å²) in [5, 5.41) is 3.39. The SMILES string of the molecule is Cc1cc(NC(C)(C)C)ccc1N. The summed E-state index contributed by atoms with van der Waals surface area (Å²) in [6, 6.07) is 6.01. The van der Waals surface area contributed by atoms with Gasteiger partial charge < -0.3 is 11.1 Å². The van der Waals surface area contributed by atoms with Gasteiger partial charge in [0.25, 0.3) is 0 Å². The van der Waals surface area contributed by atoms with Gasteiger partial charge in [0, 0.05) is 16.9 Å². The van der Waals surface area contributed by atoms with Crippen LogP contribution in [0.25, 0.3) is 0 Å². The van der Waals surface area contributed by atoms with Crippen molar-refractivity contribution < 1.29 is 0 Å². The van der Waals surface area contributed by atoms with Gasteiger partial charge in [-0.2, -0.15) is 0 Å². The van der Waals surface area contributed by atoms with Gasteiger partial charge in [-0.15, -0.1) is 0 Å². The zero-order valence-electron chi connectivity index (χ0n) is 8.81. The molecule has 2 nitrogen and oxygen atoms in total. The summed E-state index contributed by atoms with van der Waals surface area (Å²) >= 11 is 0. The lowest BCUT2D eigenvalue weighted by Gasteiger charge is -2.22. The number of benzene rings is 1. The Bertz CT molecular complexity index is 297. The molecule has 0 aliphatic rings. The molecule has 1 aromatic rings. The summed E-state index contributed by atoms with van der Waals surface area (Å²) in [4.78, 5) is 0. The molecule has 0 amide bonds. The molecule has 0 aliphatic carbocycles. The molecule has 0 radical (unpaired) electrons. The predicted molar refractivity (Wildman–Crippen MR) is 59.0 cm³/mol. The van der Waals surface area contributed by atoms with Crippen molar-refractivity contribution in [3.05, 3.63) is 23.8 Å². The van der Waals surface area contributed by atoms with Crippen molar-refractivity contribution in [1.29, 1.82) is 0 Å². The van der Waals surface area contributed by atoms with E-state index in [9.17, 15) is 0 Å². The standard InChI is InChI=1S/C11H18N2/c1-8-7-9(5-6-10(8)12)13-11(2,3)4/h5-7,13H,12H2,1-4H3. The van der Waals surface area contributed by atoms with Crippen LogP contribution in [0.1, 0.15) is 26.3 Å². The number of rotatable bonds is 1. The molecular weight excluding hydrogens is 160 g/mol. The normalized spacial score (nSPS) is 11.4. The summed E-state index contributed by atoms with van der Waals surface area (Å²) in [6.45, 7) is 8.43. The van der Waals surface area contributed by atoms with Gasteiger partial charge in [0.1, 0.15) is 0 Å². The highest BCUT2D eigenvalue weighted by molar-refractivity contribution is 5.57. The van der Waals surface area contributed by atoms with Crippen LogP contribution in [0.15, 0.2) is 18.2 Å². The highest BCUT2D eigenvalue weighted by Crippen LogP contribution is 2.19. The van der Waals surface area contributed by atoms with Gasteiger partial charge >= 0.3 is 0 Å². The second-order valence-electron chi connectivity index (χ2n) is 4.45. The van der Waals surface area contributed by atoms with Crippen molar-refractivity contribution in [2.45, 2.75) is 33.2 Å². The van der Waals surface area contributed by atoms with Crippen LogP contribution >= 0.6 is 0 Å². The van der Waals surface area contributed by atoms with Crippen LogP contribution < -0.4 is 11.1 Å². The number of hydrogen-bond donors (Lipinski definition) is 2. The third-order valence-electron chi connectivity index (χ3n) is 1.79. The lowest BCUT2D eigenvalue weighted by molar-refractivity contribution is 0.634. The lowest BCUT2D eigenvalue weighted by Crippen LogP contribution is -2.26. The number of nitrogen functional groups attached to an aromatic ring is 1. The maximum absolute atomic E-state index is 5.72.